The van der Waals surface area contributed by atoms with Crippen LogP contribution in [0.4, 0.5) is 5.69 Å². The number of pyridine rings is 1. The van der Waals surface area contributed by atoms with Gasteiger partial charge in [0, 0.05) is 43.7 Å². The summed E-state index contributed by atoms with van der Waals surface area (Å²) in [4.78, 5) is 37.0. The van der Waals surface area contributed by atoms with Crippen molar-refractivity contribution < 1.29 is 9.59 Å². The molecule has 0 atom stereocenters. The summed E-state index contributed by atoms with van der Waals surface area (Å²) < 4.78 is 0. The summed E-state index contributed by atoms with van der Waals surface area (Å²) in [7, 11) is 1.75. The molecule has 0 bridgehead atoms. The van der Waals surface area contributed by atoms with E-state index in [1.165, 1.54) is 6.20 Å². The van der Waals surface area contributed by atoms with Crippen molar-refractivity contribution in [2.45, 2.75) is 19.9 Å². The molecule has 1 aromatic carbocycles. The Labute approximate surface area is 157 Å². The number of anilines is 1. The summed E-state index contributed by atoms with van der Waals surface area (Å²) in [5.41, 5.74) is 2.96. The Balaban J connectivity index is 1.66. The van der Waals surface area contributed by atoms with E-state index in [-0.39, 0.29) is 11.8 Å². The minimum Gasteiger partial charge on any atom is -0.347 e. The molecule has 0 aliphatic rings. The van der Waals surface area contributed by atoms with E-state index in [1.807, 2.05) is 43.3 Å². The lowest BCUT2D eigenvalue weighted by atomic mass is 10.2. The second-order valence-corrected chi connectivity index (χ2v) is 6.04. The minimum absolute atomic E-state index is 0.0494. The van der Waals surface area contributed by atoms with Crippen LogP contribution in [0.15, 0.2) is 55.0 Å². The smallest absolute Gasteiger partial charge is 0.269 e. The van der Waals surface area contributed by atoms with Crippen molar-refractivity contribution in [1.82, 2.24) is 20.3 Å². The molecule has 0 unspecified atom stereocenters. The zero-order valence-corrected chi connectivity index (χ0v) is 15.3. The molecular formula is C20H21N5O2. The van der Waals surface area contributed by atoms with Crippen LogP contribution in [0.5, 0.6) is 0 Å². The Kier molecular flexibility index (Phi) is 5.61. The van der Waals surface area contributed by atoms with Gasteiger partial charge in [0.05, 0.1) is 6.20 Å². The van der Waals surface area contributed by atoms with Crippen LogP contribution in [-0.2, 0) is 11.3 Å². The van der Waals surface area contributed by atoms with E-state index in [4.69, 9.17) is 0 Å². The summed E-state index contributed by atoms with van der Waals surface area (Å²) in [5.74, 6) is 0.411. The molecule has 0 saturated carbocycles. The van der Waals surface area contributed by atoms with Crippen molar-refractivity contribution in [2.75, 3.05) is 11.9 Å². The molecule has 2 heterocycles. The number of hydrogen-bond donors (Lipinski definition) is 2. The van der Waals surface area contributed by atoms with Gasteiger partial charge in [-0.05, 0) is 35.9 Å². The van der Waals surface area contributed by atoms with E-state index in [0.717, 1.165) is 16.8 Å². The molecule has 2 amide bonds. The number of aromatic nitrogens is 3. The maximum atomic E-state index is 12.3. The summed E-state index contributed by atoms with van der Waals surface area (Å²) >= 11 is 0. The molecule has 7 nitrogen and oxygen atoms in total. The van der Waals surface area contributed by atoms with E-state index >= 15 is 0 Å². The van der Waals surface area contributed by atoms with Crippen molar-refractivity contribution in [3.8, 4) is 11.4 Å². The highest BCUT2D eigenvalue weighted by Crippen LogP contribution is 2.21. The van der Waals surface area contributed by atoms with E-state index in [9.17, 15) is 9.59 Å². The van der Waals surface area contributed by atoms with Crippen LogP contribution in [-0.4, -0.2) is 33.8 Å². The third-order valence-corrected chi connectivity index (χ3v) is 4.20. The van der Waals surface area contributed by atoms with Gasteiger partial charge >= 0.3 is 0 Å². The lowest BCUT2D eigenvalue weighted by molar-refractivity contribution is -0.118. The van der Waals surface area contributed by atoms with Gasteiger partial charge in [-0.2, -0.15) is 0 Å². The van der Waals surface area contributed by atoms with Gasteiger partial charge in [-0.15, -0.1) is 0 Å². The number of H-pyrrole nitrogens is 1. The Morgan fingerprint density at radius 1 is 1.15 bits per heavy atom. The summed E-state index contributed by atoms with van der Waals surface area (Å²) in [6.45, 7) is 2.23. The van der Waals surface area contributed by atoms with Gasteiger partial charge in [-0.25, -0.2) is 4.98 Å². The van der Waals surface area contributed by atoms with E-state index in [1.54, 1.807) is 24.3 Å². The second kappa shape index (κ2) is 8.27. The van der Waals surface area contributed by atoms with Crippen LogP contribution >= 0.6 is 0 Å². The first-order valence-corrected chi connectivity index (χ1v) is 8.67. The third kappa shape index (κ3) is 4.38. The fourth-order valence-electron chi connectivity index (χ4n) is 2.59. The number of carbonyl (C=O) groups is 2. The summed E-state index contributed by atoms with van der Waals surface area (Å²) in [5, 5.41) is 2.83. The topological polar surface area (TPSA) is 91.0 Å². The number of aromatic amines is 1. The zero-order valence-electron chi connectivity index (χ0n) is 15.3. The van der Waals surface area contributed by atoms with Crippen molar-refractivity contribution in [2.24, 2.45) is 0 Å². The SMILES string of the molecule is CCC(=O)N(C)c1ccc(-c2ncc(C(=O)NCc3cccnc3)[nH]2)cc1. The van der Waals surface area contributed by atoms with Gasteiger partial charge in [-0.1, -0.05) is 13.0 Å². The Hall–Kier alpha value is -3.48. The molecule has 0 saturated heterocycles. The number of carbonyl (C=O) groups excluding carboxylic acids is 2. The third-order valence-electron chi connectivity index (χ3n) is 4.20. The molecule has 0 fully saturated rings. The van der Waals surface area contributed by atoms with Crippen LogP contribution < -0.4 is 10.2 Å². The van der Waals surface area contributed by atoms with Gasteiger partial charge in [-0.3, -0.25) is 14.6 Å². The quantitative estimate of drug-likeness (QED) is 0.704. The number of amides is 2. The highest BCUT2D eigenvalue weighted by molar-refractivity contribution is 5.93. The molecule has 0 radical (unpaired) electrons. The lowest BCUT2D eigenvalue weighted by Crippen LogP contribution is -2.24. The van der Waals surface area contributed by atoms with Crippen LogP contribution in [0.25, 0.3) is 11.4 Å². The predicted octanol–water partition coefficient (Wildman–Crippen LogP) is 2.77. The van der Waals surface area contributed by atoms with Gasteiger partial charge in [0.25, 0.3) is 5.91 Å². The Morgan fingerprint density at radius 3 is 2.59 bits per heavy atom. The molecule has 3 rings (SSSR count). The maximum absolute atomic E-state index is 12.3. The maximum Gasteiger partial charge on any atom is 0.269 e. The highest BCUT2D eigenvalue weighted by atomic mass is 16.2. The molecule has 27 heavy (non-hydrogen) atoms. The fourth-order valence-corrected chi connectivity index (χ4v) is 2.59. The number of rotatable bonds is 6. The van der Waals surface area contributed by atoms with Gasteiger partial charge in [0.1, 0.15) is 11.5 Å². The normalized spacial score (nSPS) is 10.4. The summed E-state index contributed by atoms with van der Waals surface area (Å²) in [6.07, 6.45) is 5.36. The van der Waals surface area contributed by atoms with Crippen LogP contribution in [0.2, 0.25) is 0 Å². The summed E-state index contributed by atoms with van der Waals surface area (Å²) in [6, 6.07) is 11.2. The predicted molar refractivity (Wildman–Crippen MR) is 103 cm³/mol. The van der Waals surface area contributed by atoms with E-state index in [0.29, 0.717) is 24.5 Å². The largest absolute Gasteiger partial charge is 0.347 e. The van der Waals surface area contributed by atoms with Crippen LogP contribution in [0.3, 0.4) is 0 Å². The molecule has 2 N–H and O–H groups in total. The molecule has 138 valence electrons. The molecule has 2 aromatic heterocycles. The van der Waals surface area contributed by atoms with E-state index in [2.05, 4.69) is 20.3 Å². The zero-order chi connectivity index (χ0) is 19.2. The van der Waals surface area contributed by atoms with Crippen molar-refractivity contribution in [3.63, 3.8) is 0 Å². The highest BCUT2D eigenvalue weighted by Gasteiger charge is 2.12. The van der Waals surface area contributed by atoms with Crippen molar-refractivity contribution in [3.05, 3.63) is 66.2 Å². The van der Waals surface area contributed by atoms with Crippen molar-refractivity contribution in [1.29, 1.82) is 0 Å². The number of hydrogen-bond acceptors (Lipinski definition) is 4. The molecule has 0 aliphatic heterocycles. The first kappa shape index (κ1) is 18.3. The van der Waals surface area contributed by atoms with Gasteiger partial charge in [0.2, 0.25) is 5.91 Å². The average Bonchev–Trinajstić information content (AvgIpc) is 3.22. The molecule has 0 spiro atoms. The Morgan fingerprint density at radius 2 is 1.93 bits per heavy atom. The number of benzene rings is 1. The van der Waals surface area contributed by atoms with Crippen LogP contribution in [0, 0.1) is 0 Å². The number of nitrogens with zero attached hydrogens (tertiary/aromatic N) is 3. The van der Waals surface area contributed by atoms with Crippen molar-refractivity contribution >= 4 is 17.5 Å². The number of nitrogens with one attached hydrogen (secondary N) is 2. The van der Waals surface area contributed by atoms with Crippen LogP contribution in [0.1, 0.15) is 29.4 Å². The van der Waals surface area contributed by atoms with Gasteiger partial charge in [0.15, 0.2) is 0 Å². The molecular weight excluding hydrogens is 342 g/mol. The van der Waals surface area contributed by atoms with Gasteiger partial charge < -0.3 is 15.2 Å². The molecule has 0 aliphatic carbocycles. The fraction of sp³-hybridized carbons (Fsp3) is 0.200. The minimum atomic E-state index is -0.234. The molecule has 7 heteroatoms. The number of imidazole rings is 1. The lowest BCUT2D eigenvalue weighted by Gasteiger charge is -2.16. The first-order chi connectivity index (χ1) is 13.1. The Bertz CT molecular complexity index is 919. The first-order valence-electron chi connectivity index (χ1n) is 8.67. The second-order valence-electron chi connectivity index (χ2n) is 6.04. The monoisotopic (exact) mass is 363 g/mol. The molecule has 3 aromatic rings. The van der Waals surface area contributed by atoms with E-state index < -0.39 is 0 Å². The standard InChI is InChI=1S/C20H21N5O2/c1-3-18(26)25(2)16-8-6-15(7-9-16)19-22-13-17(24-19)20(27)23-12-14-5-4-10-21-11-14/h4-11,13H,3,12H2,1-2H3,(H,22,24)(H,23,27). The average molecular weight is 363 g/mol.